The molecule has 2 rings (SSSR count). The van der Waals surface area contributed by atoms with Crippen molar-refractivity contribution in [2.75, 3.05) is 0 Å². The number of hydrogen-bond acceptors (Lipinski definition) is 2. The van der Waals surface area contributed by atoms with Gasteiger partial charge < -0.3 is 5.11 Å². The molecular weight excluding hydrogens is 178 g/mol. The topological polar surface area (TPSA) is 41.9 Å². The van der Waals surface area contributed by atoms with Gasteiger partial charge in [-0.1, -0.05) is 30.3 Å². The Morgan fingerprint density at radius 3 is 2.64 bits per heavy atom. The predicted octanol–water partition coefficient (Wildman–Crippen LogP) is 0.324. The van der Waals surface area contributed by atoms with Crippen molar-refractivity contribution in [3.8, 4) is 11.3 Å². The van der Waals surface area contributed by atoms with Gasteiger partial charge in [0.1, 0.15) is 7.05 Å². The van der Waals surface area contributed by atoms with Gasteiger partial charge in [0.25, 0.3) is 0 Å². The van der Waals surface area contributed by atoms with Crippen LogP contribution in [0, 0.1) is 0 Å². The summed E-state index contributed by atoms with van der Waals surface area (Å²) >= 11 is 0. The van der Waals surface area contributed by atoms with Crippen LogP contribution in [0.5, 0.6) is 0 Å². The van der Waals surface area contributed by atoms with Crippen molar-refractivity contribution in [1.29, 1.82) is 0 Å². The average Bonchev–Trinajstić information content (AvgIpc) is 2.61. The third kappa shape index (κ3) is 1.52. The van der Waals surface area contributed by atoms with Crippen LogP contribution < -0.4 is 4.68 Å². The second kappa shape index (κ2) is 3.59. The summed E-state index contributed by atoms with van der Waals surface area (Å²) in [4.78, 5) is 0. The van der Waals surface area contributed by atoms with E-state index in [1.807, 2.05) is 43.6 Å². The van der Waals surface area contributed by atoms with Crippen molar-refractivity contribution in [3.63, 3.8) is 0 Å². The van der Waals surface area contributed by atoms with Crippen LogP contribution in [-0.2, 0) is 13.8 Å². The van der Waals surface area contributed by atoms with Gasteiger partial charge in [-0.15, -0.1) is 9.36 Å². The van der Waals surface area contributed by atoms with Crippen molar-refractivity contribution in [2.24, 2.45) is 7.05 Å². The maximum atomic E-state index is 8.91. The van der Waals surface area contributed by atoms with E-state index in [-0.39, 0.29) is 6.73 Å². The quantitative estimate of drug-likeness (QED) is 0.693. The molecule has 0 radical (unpaired) electrons. The summed E-state index contributed by atoms with van der Waals surface area (Å²) in [5.41, 5.74) is 2.08. The van der Waals surface area contributed by atoms with Crippen molar-refractivity contribution in [2.45, 2.75) is 6.73 Å². The van der Waals surface area contributed by atoms with Gasteiger partial charge in [-0.25, -0.2) is 0 Å². The minimum atomic E-state index is -0.0966. The molecule has 0 aliphatic heterocycles. The molecule has 1 aromatic heterocycles. The average molecular weight is 190 g/mol. The van der Waals surface area contributed by atoms with Gasteiger partial charge in [-0.05, 0) is 0 Å². The van der Waals surface area contributed by atoms with Crippen molar-refractivity contribution < 1.29 is 9.79 Å². The summed E-state index contributed by atoms with van der Waals surface area (Å²) < 4.78 is 3.23. The molecule has 0 fully saturated rings. The first-order valence-electron chi connectivity index (χ1n) is 4.41. The SMILES string of the molecule is Cn1n[n+](CO)cc1-c1ccccc1. The Morgan fingerprint density at radius 2 is 2.07 bits per heavy atom. The Labute approximate surface area is 82.0 Å². The van der Waals surface area contributed by atoms with Crippen molar-refractivity contribution in [3.05, 3.63) is 36.5 Å². The second-order valence-electron chi connectivity index (χ2n) is 3.07. The first kappa shape index (κ1) is 8.90. The number of aliphatic hydroxyl groups is 1. The van der Waals surface area contributed by atoms with Gasteiger partial charge >= 0.3 is 0 Å². The van der Waals surface area contributed by atoms with Gasteiger partial charge in [0.15, 0.2) is 11.9 Å². The molecule has 14 heavy (non-hydrogen) atoms. The molecule has 0 spiro atoms. The zero-order valence-electron chi connectivity index (χ0n) is 7.96. The van der Waals surface area contributed by atoms with Crippen LogP contribution in [-0.4, -0.2) is 15.0 Å². The lowest BCUT2D eigenvalue weighted by Crippen LogP contribution is -2.35. The Balaban J connectivity index is 2.46. The zero-order valence-corrected chi connectivity index (χ0v) is 7.96. The molecule has 4 heteroatoms. The van der Waals surface area contributed by atoms with E-state index < -0.39 is 0 Å². The molecule has 0 bridgehead atoms. The van der Waals surface area contributed by atoms with Gasteiger partial charge in [-0.3, -0.25) is 0 Å². The lowest BCUT2D eigenvalue weighted by atomic mass is 10.2. The first-order valence-corrected chi connectivity index (χ1v) is 4.41. The lowest BCUT2D eigenvalue weighted by Gasteiger charge is -1.92. The highest BCUT2D eigenvalue weighted by Gasteiger charge is 2.12. The minimum Gasteiger partial charge on any atom is -0.356 e. The molecule has 0 amide bonds. The fraction of sp³-hybridized carbons (Fsp3) is 0.200. The Hall–Kier alpha value is -1.68. The number of aryl methyl sites for hydroxylation is 1. The maximum absolute atomic E-state index is 8.91. The summed E-state index contributed by atoms with van der Waals surface area (Å²) in [5.74, 6) is 0. The highest BCUT2D eigenvalue weighted by molar-refractivity contribution is 5.57. The second-order valence-corrected chi connectivity index (χ2v) is 3.07. The molecule has 4 nitrogen and oxygen atoms in total. The number of rotatable bonds is 2. The third-order valence-electron chi connectivity index (χ3n) is 2.08. The van der Waals surface area contributed by atoms with E-state index in [9.17, 15) is 0 Å². The minimum absolute atomic E-state index is 0.0966. The summed E-state index contributed by atoms with van der Waals surface area (Å²) in [5, 5.41) is 13.0. The molecule has 2 aromatic rings. The van der Waals surface area contributed by atoms with E-state index in [1.54, 1.807) is 4.68 Å². The van der Waals surface area contributed by atoms with Gasteiger partial charge in [0, 0.05) is 5.56 Å². The molecule has 0 unspecified atom stereocenters. The van der Waals surface area contributed by atoms with Gasteiger partial charge in [-0.2, -0.15) is 0 Å². The summed E-state index contributed by atoms with van der Waals surface area (Å²) in [6.07, 6.45) is 1.81. The Morgan fingerprint density at radius 1 is 1.36 bits per heavy atom. The molecular formula is C10H12N3O+. The molecule has 0 aliphatic carbocycles. The van der Waals surface area contributed by atoms with Gasteiger partial charge in [0.2, 0.25) is 6.73 Å². The summed E-state index contributed by atoms with van der Waals surface area (Å²) in [6, 6.07) is 9.95. The molecule has 72 valence electrons. The van der Waals surface area contributed by atoms with Crippen LogP contribution in [0.2, 0.25) is 0 Å². The number of nitrogens with zero attached hydrogens (tertiary/aromatic N) is 3. The zero-order chi connectivity index (χ0) is 9.97. The van der Waals surface area contributed by atoms with Crippen LogP contribution in [0.15, 0.2) is 36.5 Å². The van der Waals surface area contributed by atoms with Crippen LogP contribution in [0.4, 0.5) is 0 Å². The van der Waals surface area contributed by atoms with Crippen LogP contribution in [0.25, 0.3) is 11.3 Å². The molecule has 0 saturated heterocycles. The highest BCUT2D eigenvalue weighted by Crippen LogP contribution is 2.14. The molecule has 0 saturated carbocycles. The van der Waals surface area contributed by atoms with E-state index in [2.05, 4.69) is 5.21 Å². The standard InChI is InChI=1S/C10H12N3O/c1-12-10(7-13(8-14)11-12)9-5-3-2-4-6-9/h2-7,14H,8H2,1H3/q+1. The fourth-order valence-corrected chi connectivity index (χ4v) is 1.41. The van der Waals surface area contributed by atoms with E-state index in [1.165, 1.54) is 4.68 Å². The summed E-state index contributed by atoms with van der Waals surface area (Å²) in [6.45, 7) is -0.0966. The lowest BCUT2D eigenvalue weighted by molar-refractivity contribution is -0.783. The van der Waals surface area contributed by atoms with E-state index in [0.717, 1.165) is 11.3 Å². The van der Waals surface area contributed by atoms with E-state index in [0.29, 0.717) is 0 Å². The third-order valence-corrected chi connectivity index (χ3v) is 2.08. The molecule has 0 aliphatic rings. The smallest absolute Gasteiger partial charge is 0.210 e. The normalized spacial score (nSPS) is 10.4. The molecule has 0 atom stereocenters. The first-order chi connectivity index (χ1) is 6.81. The van der Waals surface area contributed by atoms with Crippen LogP contribution >= 0.6 is 0 Å². The van der Waals surface area contributed by atoms with Crippen LogP contribution in [0.3, 0.4) is 0 Å². The van der Waals surface area contributed by atoms with Crippen molar-refractivity contribution >= 4 is 0 Å². The molecule has 1 heterocycles. The number of benzene rings is 1. The Bertz CT molecular complexity index is 422. The maximum Gasteiger partial charge on any atom is 0.210 e. The van der Waals surface area contributed by atoms with E-state index >= 15 is 0 Å². The molecule has 1 N–H and O–H groups in total. The summed E-state index contributed by atoms with van der Waals surface area (Å²) in [7, 11) is 1.86. The van der Waals surface area contributed by atoms with E-state index in [4.69, 9.17) is 5.11 Å². The van der Waals surface area contributed by atoms with Crippen molar-refractivity contribution in [1.82, 2.24) is 9.90 Å². The highest BCUT2D eigenvalue weighted by atomic mass is 16.3. The number of aromatic nitrogens is 3. The largest absolute Gasteiger partial charge is 0.356 e. The number of aliphatic hydroxyl groups excluding tert-OH is 1. The number of hydrogen-bond donors (Lipinski definition) is 1. The predicted molar refractivity (Wildman–Crippen MR) is 51.1 cm³/mol. The Kier molecular flexibility index (Phi) is 2.28. The van der Waals surface area contributed by atoms with Crippen LogP contribution in [0.1, 0.15) is 0 Å². The molecule has 1 aromatic carbocycles. The monoisotopic (exact) mass is 190 g/mol. The fourth-order valence-electron chi connectivity index (χ4n) is 1.41. The van der Waals surface area contributed by atoms with Gasteiger partial charge in [0.05, 0.1) is 5.21 Å².